The maximum Gasteiger partial charge on any atom is 0.215 e. The van der Waals surface area contributed by atoms with Gasteiger partial charge >= 0.3 is 0 Å². The van der Waals surface area contributed by atoms with Crippen LogP contribution >= 0.6 is 11.3 Å². The van der Waals surface area contributed by atoms with Crippen LogP contribution in [0.3, 0.4) is 0 Å². The average molecular weight is 383 g/mol. The molecule has 1 saturated heterocycles. The summed E-state index contributed by atoms with van der Waals surface area (Å²) in [6.07, 6.45) is 2.01. The lowest BCUT2D eigenvalue weighted by atomic mass is 9.97. The highest BCUT2D eigenvalue weighted by Crippen LogP contribution is 2.20. The van der Waals surface area contributed by atoms with Crippen molar-refractivity contribution >= 4 is 21.4 Å². The molecule has 1 aliphatic rings. The van der Waals surface area contributed by atoms with E-state index >= 15 is 0 Å². The Bertz CT molecular complexity index is 753. The van der Waals surface area contributed by atoms with Gasteiger partial charge in [0.05, 0.1) is 5.75 Å². The lowest BCUT2D eigenvalue weighted by Crippen LogP contribution is -2.38. The van der Waals surface area contributed by atoms with Crippen LogP contribution in [-0.2, 0) is 22.3 Å². The molecule has 1 aromatic carbocycles. The molecule has 0 saturated carbocycles. The molecule has 0 aliphatic carbocycles. The smallest absolute Gasteiger partial charge is 0.215 e. The minimum atomic E-state index is -3.39. The average Bonchev–Trinajstić information content (AvgIpc) is 3.09. The van der Waals surface area contributed by atoms with Crippen molar-refractivity contribution in [1.29, 1.82) is 0 Å². The van der Waals surface area contributed by atoms with Crippen LogP contribution in [0.5, 0.6) is 0 Å². The Morgan fingerprint density at radius 2 is 1.88 bits per heavy atom. The lowest BCUT2D eigenvalue weighted by molar-refractivity contribution is 0.180. The molecule has 7 heteroatoms. The number of sulfonamides is 1. The van der Waals surface area contributed by atoms with Crippen molar-refractivity contribution in [3.8, 4) is 0 Å². The molecule has 0 spiro atoms. The Hall–Kier alpha value is -1.28. The molecular weight excluding hydrogens is 359 g/mol. The Kier molecular flexibility index (Phi) is 6.22. The molecule has 4 nitrogen and oxygen atoms in total. The molecule has 25 heavy (non-hydrogen) atoms. The topological polar surface area (TPSA) is 49.4 Å². The van der Waals surface area contributed by atoms with Crippen LogP contribution < -0.4 is 4.72 Å². The zero-order valence-corrected chi connectivity index (χ0v) is 15.7. The highest BCUT2D eigenvalue weighted by Gasteiger charge is 2.21. The van der Waals surface area contributed by atoms with E-state index in [-0.39, 0.29) is 11.6 Å². The Labute approximate surface area is 152 Å². The van der Waals surface area contributed by atoms with Gasteiger partial charge in [0.1, 0.15) is 5.82 Å². The number of thiophene rings is 1. The summed E-state index contributed by atoms with van der Waals surface area (Å²) in [5.74, 6) is -0.0872. The third-order valence-electron chi connectivity index (χ3n) is 4.53. The third-order valence-corrected chi connectivity index (χ3v) is 6.71. The first kappa shape index (κ1) is 18.5. The number of nitrogens with one attached hydrogen (secondary N) is 1. The number of halogens is 1. The fourth-order valence-electron chi connectivity index (χ4n) is 3.07. The Balaban J connectivity index is 1.42. The van der Waals surface area contributed by atoms with E-state index in [1.54, 1.807) is 11.3 Å². The summed E-state index contributed by atoms with van der Waals surface area (Å²) >= 11 is 1.78. The van der Waals surface area contributed by atoms with Crippen molar-refractivity contribution in [3.63, 3.8) is 0 Å². The van der Waals surface area contributed by atoms with Gasteiger partial charge < -0.3 is 0 Å². The fourth-order valence-corrected chi connectivity index (χ4v) is 5.04. The lowest BCUT2D eigenvalue weighted by Gasteiger charge is -2.31. The van der Waals surface area contributed by atoms with Crippen molar-refractivity contribution < 1.29 is 12.8 Å². The van der Waals surface area contributed by atoms with Gasteiger partial charge in [0.25, 0.3) is 0 Å². The maximum atomic E-state index is 12.9. The van der Waals surface area contributed by atoms with Gasteiger partial charge in [-0.3, -0.25) is 4.90 Å². The van der Waals surface area contributed by atoms with E-state index in [9.17, 15) is 12.8 Å². The summed E-state index contributed by atoms with van der Waals surface area (Å²) in [6, 6.07) is 9.82. The minimum absolute atomic E-state index is 0.107. The molecule has 3 rings (SSSR count). The second kappa shape index (κ2) is 8.40. The van der Waals surface area contributed by atoms with E-state index in [4.69, 9.17) is 0 Å². The summed E-state index contributed by atoms with van der Waals surface area (Å²) in [4.78, 5) is 3.80. The number of nitrogens with zero attached hydrogens (tertiary/aromatic N) is 1. The Morgan fingerprint density at radius 3 is 2.52 bits per heavy atom. The molecule has 1 aromatic heterocycles. The number of piperidine rings is 1. The summed E-state index contributed by atoms with van der Waals surface area (Å²) in [5.41, 5.74) is 0.597. The first-order valence-corrected chi connectivity index (χ1v) is 11.0. The monoisotopic (exact) mass is 382 g/mol. The van der Waals surface area contributed by atoms with Gasteiger partial charge in [0, 0.05) is 18.0 Å². The number of benzene rings is 1. The molecule has 0 atom stereocenters. The second-order valence-corrected chi connectivity index (χ2v) is 9.37. The first-order valence-electron chi connectivity index (χ1n) is 8.47. The minimum Gasteiger partial charge on any atom is -0.298 e. The van der Waals surface area contributed by atoms with Crippen LogP contribution in [-0.4, -0.2) is 33.0 Å². The van der Waals surface area contributed by atoms with Gasteiger partial charge in [-0.15, -0.1) is 11.3 Å². The summed E-state index contributed by atoms with van der Waals surface area (Å²) in [7, 11) is -3.39. The zero-order valence-electron chi connectivity index (χ0n) is 14.0. The van der Waals surface area contributed by atoms with E-state index in [2.05, 4.69) is 27.1 Å². The summed E-state index contributed by atoms with van der Waals surface area (Å²) in [6.45, 7) is 3.47. The van der Waals surface area contributed by atoms with Crippen molar-refractivity contribution in [2.24, 2.45) is 5.92 Å². The molecule has 2 heterocycles. The fraction of sp³-hybridized carbons (Fsp3) is 0.444. The molecular formula is C18H23FN2O2S2. The first-order chi connectivity index (χ1) is 12.0. The van der Waals surface area contributed by atoms with E-state index in [0.717, 1.165) is 32.5 Å². The number of rotatable bonds is 7. The second-order valence-electron chi connectivity index (χ2n) is 6.53. The number of hydrogen-bond acceptors (Lipinski definition) is 4. The predicted molar refractivity (Wildman–Crippen MR) is 99.3 cm³/mol. The molecule has 1 N–H and O–H groups in total. The highest BCUT2D eigenvalue weighted by atomic mass is 32.2. The van der Waals surface area contributed by atoms with Gasteiger partial charge in [0.15, 0.2) is 0 Å². The number of hydrogen-bond donors (Lipinski definition) is 1. The Morgan fingerprint density at radius 1 is 1.16 bits per heavy atom. The van der Waals surface area contributed by atoms with E-state index in [1.165, 1.54) is 29.1 Å². The molecule has 1 fully saturated rings. The summed E-state index contributed by atoms with van der Waals surface area (Å²) in [5, 5.41) is 2.10. The van der Waals surface area contributed by atoms with Crippen LogP contribution in [0.2, 0.25) is 0 Å². The maximum absolute atomic E-state index is 12.9. The van der Waals surface area contributed by atoms with Crippen molar-refractivity contribution in [1.82, 2.24) is 9.62 Å². The van der Waals surface area contributed by atoms with Crippen LogP contribution in [0.25, 0.3) is 0 Å². The van der Waals surface area contributed by atoms with Gasteiger partial charge in [-0.2, -0.15) is 0 Å². The van der Waals surface area contributed by atoms with Gasteiger partial charge in [-0.25, -0.2) is 17.5 Å². The summed E-state index contributed by atoms with van der Waals surface area (Å²) < 4.78 is 40.0. The van der Waals surface area contributed by atoms with Crippen molar-refractivity contribution in [2.75, 3.05) is 19.6 Å². The van der Waals surface area contributed by atoms with Crippen molar-refractivity contribution in [2.45, 2.75) is 25.1 Å². The molecule has 0 amide bonds. The predicted octanol–water partition coefficient (Wildman–Crippen LogP) is 3.22. The van der Waals surface area contributed by atoms with Crippen LogP contribution in [0.15, 0.2) is 41.8 Å². The standard InChI is InChI=1S/C18H23FN2O2S2/c19-17-5-3-16(4-6-17)14-25(22,23)20-12-15-7-9-21(10-8-15)13-18-2-1-11-24-18/h1-6,11,15,20H,7-10,12-14H2. The largest absolute Gasteiger partial charge is 0.298 e. The normalized spacial score (nSPS) is 17.0. The SMILES string of the molecule is O=S(=O)(Cc1ccc(F)cc1)NCC1CCN(Cc2cccs2)CC1. The molecule has 0 unspecified atom stereocenters. The van der Waals surface area contributed by atoms with Crippen LogP contribution in [0.4, 0.5) is 4.39 Å². The van der Waals surface area contributed by atoms with E-state index in [1.807, 2.05) is 0 Å². The molecule has 2 aromatic rings. The quantitative estimate of drug-likeness (QED) is 0.800. The van der Waals surface area contributed by atoms with Gasteiger partial charge in [0.2, 0.25) is 10.0 Å². The molecule has 0 radical (unpaired) electrons. The van der Waals surface area contributed by atoms with Crippen LogP contribution in [0.1, 0.15) is 23.3 Å². The molecule has 0 bridgehead atoms. The molecule has 1 aliphatic heterocycles. The van der Waals surface area contributed by atoms with Gasteiger partial charge in [-0.05, 0) is 61.0 Å². The van der Waals surface area contributed by atoms with E-state index < -0.39 is 10.0 Å². The van der Waals surface area contributed by atoms with E-state index in [0.29, 0.717) is 18.0 Å². The third kappa shape index (κ3) is 5.88. The van der Waals surface area contributed by atoms with Crippen molar-refractivity contribution in [3.05, 3.63) is 58.0 Å². The van der Waals surface area contributed by atoms with Crippen LogP contribution in [0, 0.1) is 11.7 Å². The molecule has 136 valence electrons. The number of likely N-dealkylation sites (tertiary alicyclic amines) is 1. The van der Waals surface area contributed by atoms with Gasteiger partial charge in [-0.1, -0.05) is 18.2 Å². The highest BCUT2D eigenvalue weighted by molar-refractivity contribution is 7.88. The zero-order chi connectivity index (χ0) is 17.7.